The van der Waals surface area contributed by atoms with Gasteiger partial charge in [-0.1, -0.05) is 11.3 Å². The fourth-order valence-electron chi connectivity index (χ4n) is 1.78. The first-order valence-corrected chi connectivity index (χ1v) is 6.85. The maximum atomic E-state index is 13.1. The van der Waals surface area contributed by atoms with Crippen LogP contribution in [0.1, 0.15) is 10.5 Å². The van der Waals surface area contributed by atoms with E-state index in [-0.39, 0.29) is 5.69 Å². The third-order valence-electron chi connectivity index (χ3n) is 2.77. The number of nitrogens with one attached hydrogen (secondary N) is 1. The molecule has 1 amide bonds. The molecule has 1 aromatic carbocycles. The zero-order valence-electron chi connectivity index (χ0n) is 11.0. The number of halogens is 1. The quantitative estimate of drug-likeness (QED) is 0.807. The number of rotatable bonds is 3. The van der Waals surface area contributed by atoms with Gasteiger partial charge in [0.1, 0.15) is 17.3 Å². The minimum absolute atomic E-state index is 0.00633. The predicted octanol–water partition coefficient (Wildman–Crippen LogP) is 3.09. The minimum Gasteiger partial charge on any atom is -0.497 e. The van der Waals surface area contributed by atoms with Gasteiger partial charge in [-0.3, -0.25) is 15.1 Å². The van der Waals surface area contributed by atoms with Crippen molar-refractivity contribution in [3.63, 3.8) is 0 Å². The number of nitrogens with zero attached hydrogens (tertiary/aromatic N) is 2. The molecular weight excluding hydrogens is 293 g/mol. The van der Waals surface area contributed by atoms with E-state index in [9.17, 15) is 9.18 Å². The summed E-state index contributed by atoms with van der Waals surface area (Å²) in [5.74, 6) is -0.291. The second-order valence-electron chi connectivity index (χ2n) is 4.17. The molecule has 21 heavy (non-hydrogen) atoms. The number of ether oxygens (including phenoxy) is 1. The Kier molecular flexibility index (Phi) is 3.49. The van der Waals surface area contributed by atoms with E-state index >= 15 is 0 Å². The van der Waals surface area contributed by atoms with E-state index in [1.807, 2.05) is 6.07 Å². The van der Waals surface area contributed by atoms with Crippen molar-refractivity contribution in [3.05, 3.63) is 48.0 Å². The molecule has 0 aliphatic heterocycles. The molecule has 0 aliphatic rings. The highest BCUT2D eigenvalue weighted by molar-refractivity contribution is 7.22. The van der Waals surface area contributed by atoms with E-state index in [0.717, 1.165) is 22.0 Å². The lowest BCUT2D eigenvalue weighted by Crippen LogP contribution is -2.13. The molecule has 0 aliphatic carbocycles. The topological polar surface area (TPSA) is 64.1 Å². The first-order chi connectivity index (χ1) is 10.2. The van der Waals surface area contributed by atoms with E-state index in [2.05, 4.69) is 15.3 Å². The van der Waals surface area contributed by atoms with Crippen LogP contribution in [0.25, 0.3) is 10.2 Å². The smallest absolute Gasteiger partial charge is 0.276 e. The summed E-state index contributed by atoms with van der Waals surface area (Å²) in [6, 6.07) is 7.69. The van der Waals surface area contributed by atoms with Crippen LogP contribution in [0.3, 0.4) is 0 Å². The van der Waals surface area contributed by atoms with Crippen LogP contribution in [0.5, 0.6) is 5.75 Å². The zero-order chi connectivity index (χ0) is 14.8. The number of carbonyl (C=O) groups is 1. The molecule has 106 valence electrons. The molecule has 0 spiro atoms. The molecule has 5 nitrogen and oxygen atoms in total. The predicted molar refractivity (Wildman–Crippen MR) is 78.3 cm³/mol. The molecule has 3 rings (SSSR count). The maximum Gasteiger partial charge on any atom is 0.276 e. The number of pyridine rings is 1. The van der Waals surface area contributed by atoms with Gasteiger partial charge in [-0.2, -0.15) is 0 Å². The first kappa shape index (κ1) is 13.4. The Hall–Kier alpha value is -2.54. The van der Waals surface area contributed by atoms with Gasteiger partial charge < -0.3 is 4.74 Å². The molecule has 0 saturated carbocycles. The summed E-state index contributed by atoms with van der Waals surface area (Å²) in [6.45, 7) is 0. The highest BCUT2D eigenvalue weighted by Gasteiger charge is 2.12. The number of anilines is 1. The SMILES string of the molecule is COc1ccc2nc(NC(=O)c3cc(F)ccn3)sc2c1. The van der Waals surface area contributed by atoms with Crippen molar-refractivity contribution in [2.24, 2.45) is 0 Å². The summed E-state index contributed by atoms with van der Waals surface area (Å²) in [4.78, 5) is 20.1. The largest absolute Gasteiger partial charge is 0.497 e. The average Bonchev–Trinajstić information content (AvgIpc) is 2.88. The zero-order valence-corrected chi connectivity index (χ0v) is 11.8. The normalized spacial score (nSPS) is 10.6. The Morgan fingerprint density at radius 3 is 2.95 bits per heavy atom. The Bertz CT molecular complexity index is 819. The maximum absolute atomic E-state index is 13.1. The molecule has 0 atom stereocenters. The molecule has 3 aromatic rings. The molecule has 0 saturated heterocycles. The van der Waals surface area contributed by atoms with Crippen molar-refractivity contribution < 1.29 is 13.9 Å². The van der Waals surface area contributed by atoms with Crippen molar-refractivity contribution in [3.8, 4) is 5.75 Å². The standard InChI is InChI=1S/C14H10FN3O2S/c1-20-9-2-3-10-12(7-9)21-14(17-10)18-13(19)11-6-8(15)4-5-16-11/h2-7H,1H3,(H,17,18,19). The Morgan fingerprint density at radius 2 is 2.19 bits per heavy atom. The van der Waals surface area contributed by atoms with Crippen LogP contribution in [0.4, 0.5) is 9.52 Å². The Labute approximate surface area is 123 Å². The fraction of sp³-hybridized carbons (Fsp3) is 0.0714. The number of benzene rings is 1. The van der Waals surface area contributed by atoms with Gasteiger partial charge in [0.25, 0.3) is 5.91 Å². The Balaban J connectivity index is 1.86. The number of aromatic nitrogens is 2. The van der Waals surface area contributed by atoms with Crippen molar-refractivity contribution in [1.29, 1.82) is 0 Å². The number of carbonyl (C=O) groups excluding carboxylic acids is 1. The molecule has 2 heterocycles. The molecule has 0 unspecified atom stereocenters. The first-order valence-electron chi connectivity index (χ1n) is 6.03. The van der Waals surface area contributed by atoms with Gasteiger partial charge >= 0.3 is 0 Å². The lowest BCUT2D eigenvalue weighted by atomic mass is 10.3. The number of methoxy groups -OCH3 is 1. The highest BCUT2D eigenvalue weighted by atomic mass is 32.1. The van der Waals surface area contributed by atoms with Crippen LogP contribution < -0.4 is 10.1 Å². The van der Waals surface area contributed by atoms with Crippen LogP contribution in [-0.2, 0) is 0 Å². The van der Waals surface area contributed by atoms with Crippen molar-refractivity contribution in [1.82, 2.24) is 9.97 Å². The molecule has 2 aromatic heterocycles. The summed E-state index contributed by atoms with van der Waals surface area (Å²) in [5, 5.41) is 3.04. The molecule has 1 N–H and O–H groups in total. The van der Waals surface area contributed by atoms with Gasteiger partial charge in [0.05, 0.1) is 17.3 Å². The van der Waals surface area contributed by atoms with Gasteiger partial charge in [0, 0.05) is 12.3 Å². The van der Waals surface area contributed by atoms with Crippen LogP contribution in [-0.4, -0.2) is 23.0 Å². The van der Waals surface area contributed by atoms with Crippen LogP contribution in [0.15, 0.2) is 36.5 Å². The van der Waals surface area contributed by atoms with Crippen molar-refractivity contribution in [2.45, 2.75) is 0 Å². The van der Waals surface area contributed by atoms with Gasteiger partial charge in [0.15, 0.2) is 5.13 Å². The second kappa shape index (κ2) is 5.45. The van der Waals surface area contributed by atoms with Crippen LogP contribution >= 0.6 is 11.3 Å². The minimum atomic E-state index is -0.510. The van der Waals surface area contributed by atoms with E-state index < -0.39 is 11.7 Å². The highest BCUT2D eigenvalue weighted by Crippen LogP contribution is 2.29. The van der Waals surface area contributed by atoms with E-state index in [1.54, 1.807) is 19.2 Å². The molecule has 0 bridgehead atoms. The van der Waals surface area contributed by atoms with E-state index in [0.29, 0.717) is 5.13 Å². The lowest BCUT2D eigenvalue weighted by Gasteiger charge is -2.00. The number of amides is 1. The fourth-order valence-corrected chi connectivity index (χ4v) is 2.66. The summed E-state index contributed by atoms with van der Waals surface area (Å²) in [7, 11) is 1.58. The average molecular weight is 303 g/mol. The number of hydrogen-bond donors (Lipinski definition) is 1. The molecule has 0 fully saturated rings. The van der Waals surface area contributed by atoms with Crippen molar-refractivity contribution >= 4 is 32.6 Å². The number of hydrogen-bond acceptors (Lipinski definition) is 5. The van der Waals surface area contributed by atoms with E-state index in [1.165, 1.54) is 23.6 Å². The second-order valence-corrected chi connectivity index (χ2v) is 5.20. The third-order valence-corrected chi connectivity index (χ3v) is 3.70. The Morgan fingerprint density at radius 1 is 1.33 bits per heavy atom. The number of fused-ring (bicyclic) bond motifs is 1. The molecular formula is C14H10FN3O2S. The summed E-state index contributed by atoms with van der Waals surface area (Å²) in [5.41, 5.74) is 0.759. The lowest BCUT2D eigenvalue weighted by molar-refractivity contribution is 0.102. The summed E-state index contributed by atoms with van der Waals surface area (Å²) in [6.07, 6.45) is 1.24. The molecule has 0 radical (unpaired) electrons. The van der Waals surface area contributed by atoms with Crippen LogP contribution in [0, 0.1) is 5.82 Å². The summed E-state index contributed by atoms with van der Waals surface area (Å²) >= 11 is 1.31. The van der Waals surface area contributed by atoms with Crippen LogP contribution in [0.2, 0.25) is 0 Å². The molecule has 7 heteroatoms. The van der Waals surface area contributed by atoms with E-state index in [4.69, 9.17) is 4.74 Å². The monoisotopic (exact) mass is 303 g/mol. The summed E-state index contributed by atoms with van der Waals surface area (Å²) < 4.78 is 19.1. The van der Waals surface area contributed by atoms with Gasteiger partial charge in [-0.05, 0) is 24.3 Å². The van der Waals surface area contributed by atoms with Crippen molar-refractivity contribution in [2.75, 3.05) is 12.4 Å². The van der Waals surface area contributed by atoms with Gasteiger partial charge in [0.2, 0.25) is 0 Å². The number of thiazole rings is 1. The van der Waals surface area contributed by atoms with Gasteiger partial charge in [-0.25, -0.2) is 9.37 Å². The van der Waals surface area contributed by atoms with Gasteiger partial charge in [-0.15, -0.1) is 0 Å². The third kappa shape index (κ3) is 2.82.